The standard InChI is InChI=1S/C22H45FO3S.C2H7N/c1-3-5-7-9-10-11-12-13-14-15-17-19-21-26-27(24,25)22(23)20-18-16-8-6-4-2;1-3-2/h22H,3-21H2,1-2H3;3H,1-2H3. The van der Waals surface area contributed by atoms with E-state index in [4.69, 9.17) is 4.18 Å². The Balaban J connectivity index is 0. The van der Waals surface area contributed by atoms with Crippen LogP contribution in [0.25, 0.3) is 0 Å². The highest BCUT2D eigenvalue weighted by Gasteiger charge is 2.25. The summed E-state index contributed by atoms with van der Waals surface area (Å²) in [7, 11) is -0.284. The van der Waals surface area contributed by atoms with Crippen LogP contribution >= 0.6 is 0 Å². The molecule has 0 rings (SSSR count). The number of unbranched alkanes of at least 4 members (excludes halogenated alkanes) is 15. The van der Waals surface area contributed by atoms with Gasteiger partial charge in [-0.1, -0.05) is 110 Å². The summed E-state index contributed by atoms with van der Waals surface area (Å²) in [6.07, 6.45) is 19.5. The molecule has 0 aliphatic carbocycles. The van der Waals surface area contributed by atoms with Gasteiger partial charge >= 0.3 is 0 Å². The number of nitrogens with one attached hydrogen (secondary N) is 1. The van der Waals surface area contributed by atoms with Gasteiger partial charge in [0.05, 0.1) is 6.61 Å². The van der Waals surface area contributed by atoms with Gasteiger partial charge in [0.1, 0.15) is 0 Å². The van der Waals surface area contributed by atoms with Gasteiger partial charge in [0.2, 0.25) is 5.50 Å². The third kappa shape index (κ3) is 24.1. The monoisotopic (exact) mass is 453 g/mol. The fourth-order valence-corrected chi connectivity index (χ4v) is 4.20. The first-order valence-corrected chi connectivity index (χ1v) is 14.0. The molecule has 0 amide bonds. The normalized spacial score (nSPS) is 12.4. The van der Waals surface area contributed by atoms with E-state index in [9.17, 15) is 12.8 Å². The second kappa shape index (κ2) is 25.1. The molecule has 0 aromatic carbocycles. The quantitative estimate of drug-likeness (QED) is 0.144. The zero-order valence-corrected chi connectivity index (χ0v) is 21.3. The average molecular weight is 454 g/mol. The van der Waals surface area contributed by atoms with E-state index in [1.165, 1.54) is 57.8 Å². The van der Waals surface area contributed by atoms with Crippen molar-refractivity contribution in [2.45, 2.75) is 135 Å². The Morgan fingerprint density at radius 3 is 1.40 bits per heavy atom. The Bertz CT molecular complexity index is 419. The predicted octanol–water partition coefficient (Wildman–Crippen LogP) is 7.53. The van der Waals surface area contributed by atoms with Crippen molar-refractivity contribution in [1.29, 1.82) is 0 Å². The first-order valence-electron chi connectivity index (χ1n) is 12.6. The largest absolute Gasteiger partial charge is 0.323 e. The molecule has 1 atom stereocenters. The SMILES string of the molecule is CCCCCCCCCCCCCCOS(=O)(=O)C(F)CCCCCCC.CNC. The molecule has 0 saturated carbocycles. The maximum Gasteiger partial charge on any atom is 0.299 e. The highest BCUT2D eigenvalue weighted by molar-refractivity contribution is 7.87. The molecule has 1 N–H and O–H groups in total. The van der Waals surface area contributed by atoms with E-state index in [0.29, 0.717) is 12.8 Å². The molecule has 0 spiro atoms. The zero-order chi connectivity index (χ0) is 22.9. The van der Waals surface area contributed by atoms with Crippen LogP contribution in [0.1, 0.15) is 129 Å². The summed E-state index contributed by atoms with van der Waals surface area (Å²) in [6, 6.07) is 0. The smallest absolute Gasteiger partial charge is 0.299 e. The van der Waals surface area contributed by atoms with Crippen LogP contribution < -0.4 is 5.32 Å². The maximum atomic E-state index is 13.8. The molecule has 0 aliphatic rings. The van der Waals surface area contributed by atoms with Gasteiger partial charge in [0.25, 0.3) is 10.1 Å². The van der Waals surface area contributed by atoms with Crippen molar-refractivity contribution in [2.75, 3.05) is 20.7 Å². The molecular formula is C24H52FNO3S. The highest BCUT2D eigenvalue weighted by atomic mass is 32.2. The number of hydrogen-bond donors (Lipinski definition) is 1. The Labute approximate surface area is 188 Å². The summed E-state index contributed by atoms with van der Waals surface area (Å²) in [5.41, 5.74) is -1.86. The Hall–Kier alpha value is -0.200. The molecule has 0 aromatic heterocycles. The second-order valence-corrected chi connectivity index (χ2v) is 10.0. The van der Waals surface area contributed by atoms with Gasteiger partial charge in [-0.2, -0.15) is 8.42 Å². The fraction of sp³-hybridized carbons (Fsp3) is 1.00. The molecule has 30 heavy (non-hydrogen) atoms. The molecule has 6 heteroatoms. The predicted molar refractivity (Wildman–Crippen MR) is 129 cm³/mol. The van der Waals surface area contributed by atoms with Gasteiger partial charge in [0.15, 0.2) is 0 Å². The van der Waals surface area contributed by atoms with E-state index in [1.54, 1.807) is 0 Å². The molecule has 184 valence electrons. The van der Waals surface area contributed by atoms with Crippen molar-refractivity contribution in [2.24, 2.45) is 0 Å². The number of alkyl halides is 1. The number of hydrogen-bond acceptors (Lipinski definition) is 4. The maximum absolute atomic E-state index is 13.8. The summed E-state index contributed by atoms with van der Waals surface area (Å²) in [4.78, 5) is 0. The molecule has 0 aromatic rings. The van der Waals surface area contributed by atoms with Gasteiger partial charge < -0.3 is 5.32 Å². The molecule has 0 radical (unpaired) electrons. The number of halogens is 1. The molecular weight excluding hydrogens is 401 g/mol. The van der Waals surface area contributed by atoms with E-state index < -0.39 is 15.6 Å². The zero-order valence-electron chi connectivity index (χ0n) is 20.5. The van der Waals surface area contributed by atoms with E-state index in [-0.39, 0.29) is 13.0 Å². The van der Waals surface area contributed by atoms with Crippen LogP contribution in [0.15, 0.2) is 0 Å². The summed E-state index contributed by atoms with van der Waals surface area (Å²) in [6.45, 7) is 4.48. The van der Waals surface area contributed by atoms with Gasteiger partial charge in [0, 0.05) is 0 Å². The minimum absolute atomic E-state index is 0.0600. The van der Waals surface area contributed by atoms with Crippen LogP contribution in [-0.4, -0.2) is 34.6 Å². The highest BCUT2D eigenvalue weighted by Crippen LogP contribution is 2.17. The third-order valence-corrected chi connectivity index (χ3v) is 6.45. The van der Waals surface area contributed by atoms with Crippen LogP contribution in [-0.2, 0) is 14.3 Å². The minimum Gasteiger partial charge on any atom is -0.323 e. The van der Waals surface area contributed by atoms with Crippen LogP contribution in [0, 0.1) is 0 Å². The fourth-order valence-electron chi connectivity index (χ4n) is 3.24. The third-order valence-electron chi connectivity index (χ3n) is 5.09. The van der Waals surface area contributed by atoms with Crippen molar-refractivity contribution in [3.63, 3.8) is 0 Å². The summed E-state index contributed by atoms with van der Waals surface area (Å²) < 4.78 is 42.2. The molecule has 0 fully saturated rings. The van der Waals surface area contributed by atoms with E-state index in [0.717, 1.165) is 38.5 Å². The summed E-state index contributed by atoms with van der Waals surface area (Å²) in [5, 5.41) is 2.75. The van der Waals surface area contributed by atoms with E-state index >= 15 is 0 Å². The van der Waals surface area contributed by atoms with Gasteiger partial charge in [-0.15, -0.1) is 0 Å². The average Bonchev–Trinajstić information content (AvgIpc) is 2.71. The van der Waals surface area contributed by atoms with Crippen molar-refractivity contribution >= 4 is 10.1 Å². The van der Waals surface area contributed by atoms with Crippen LogP contribution in [0.2, 0.25) is 0 Å². The van der Waals surface area contributed by atoms with E-state index in [2.05, 4.69) is 19.2 Å². The molecule has 4 nitrogen and oxygen atoms in total. The molecule has 0 aliphatic heterocycles. The van der Waals surface area contributed by atoms with Crippen LogP contribution in [0.5, 0.6) is 0 Å². The van der Waals surface area contributed by atoms with Crippen molar-refractivity contribution in [3.05, 3.63) is 0 Å². The van der Waals surface area contributed by atoms with Crippen LogP contribution in [0.3, 0.4) is 0 Å². The van der Waals surface area contributed by atoms with Crippen LogP contribution in [0.4, 0.5) is 4.39 Å². The van der Waals surface area contributed by atoms with Gasteiger partial charge in [-0.25, -0.2) is 4.39 Å². The van der Waals surface area contributed by atoms with Gasteiger partial charge in [-0.3, -0.25) is 4.18 Å². The lowest BCUT2D eigenvalue weighted by atomic mass is 10.1. The first-order chi connectivity index (χ1) is 14.5. The minimum atomic E-state index is -4.03. The molecule has 0 heterocycles. The molecule has 1 unspecified atom stereocenters. The van der Waals surface area contributed by atoms with Gasteiger partial charge in [-0.05, 0) is 33.4 Å². The van der Waals surface area contributed by atoms with Crippen molar-refractivity contribution in [1.82, 2.24) is 5.32 Å². The summed E-state index contributed by atoms with van der Waals surface area (Å²) >= 11 is 0. The lowest BCUT2D eigenvalue weighted by Gasteiger charge is -2.10. The Morgan fingerprint density at radius 2 is 1.00 bits per heavy atom. The lowest BCUT2D eigenvalue weighted by Crippen LogP contribution is -2.19. The van der Waals surface area contributed by atoms with E-state index in [1.807, 2.05) is 14.1 Å². The number of rotatable bonds is 21. The van der Waals surface area contributed by atoms with Crippen molar-refractivity contribution in [3.8, 4) is 0 Å². The molecule has 0 saturated heterocycles. The topological polar surface area (TPSA) is 55.4 Å². The molecule has 0 bridgehead atoms. The van der Waals surface area contributed by atoms with Crippen molar-refractivity contribution < 1.29 is 17.0 Å². The second-order valence-electron chi connectivity index (χ2n) is 8.32. The lowest BCUT2D eigenvalue weighted by molar-refractivity contribution is 0.270. The Morgan fingerprint density at radius 1 is 0.667 bits per heavy atom. The first kappa shape index (κ1) is 32.0. The Kier molecular flexibility index (Phi) is 26.7. The summed E-state index contributed by atoms with van der Waals surface area (Å²) in [5.74, 6) is 0.